The number of Topliss-reactive ketones (excluding diaryl/α,β-unsaturated/α-hetero) is 1. The van der Waals surface area contributed by atoms with Gasteiger partial charge in [-0.2, -0.15) is 0 Å². The van der Waals surface area contributed by atoms with Crippen molar-refractivity contribution in [2.75, 3.05) is 13.1 Å². The molecule has 5 heteroatoms. The minimum absolute atomic E-state index is 0.149. The predicted molar refractivity (Wildman–Crippen MR) is 53.6 cm³/mol. The van der Waals surface area contributed by atoms with Gasteiger partial charge in [-0.1, -0.05) is 5.21 Å². The first-order valence-electron chi connectivity index (χ1n) is 5.48. The molecular weight excluding hydrogens is 192 g/mol. The van der Waals surface area contributed by atoms with E-state index < -0.39 is 0 Å². The fourth-order valence-corrected chi connectivity index (χ4v) is 1.73. The maximum absolute atomic E-state index is 11.7. The highest BCUT2D eigenvalue weighted by Crippen LogP contribution is 2.33. The van der Waals surface area contributed by atoms with Crippen LogP contribution in [0.3, 0.4) is 0 Å². The average Bonchev–Trinajstić information content (AvgIpc) is 2.79. The molecule has 0 radical (unpaired) electrons. The summed E-state index contributed by atoms with van der Waals surface area (Å²) in [5.41, 5.74) is 0.536. The molecule has 0 amide bonds. The Balaban J connectivity index is 1.68. The highest BCUT2D eigenvalue weighted by Gasteiger charge is 2.27. The van der Waals surface area contributed by atoms with E-state index >= 15 is 0 Å². The SMILES string of the molecule is O=C(CC1CC1)c1cn(C2CNC2)nn1. The average molecular weight is 206 g/mol. The highest BCUT2D eigenvalue weighted by molar-refractivity contribution is 5.94. The van der Waals surface area contributed by atoms with Crippen molar-refractivity contribution >= 4 is 5.78 Å². The van der Waals surface area contributed by atoms with Gasteiger partial charge in [-0.05, 0) is 18.8 Å². The number of rotatable bonds is 4. The number of aromatic nitrogens is 3. The van der Waals surface area contributed by atoms with Crippen molar-refractivity contribution in [3.63, 3.8) is 0 Å². The summed E-state index contributed by atoms with van der Waals surface area (Å²) in [7, 11) is 0. The van der Waals surface area contributed by atoms with E-state index in [1.165, 1.54) is 12.8 Å². The third-order valence-electron chi connectivity index (χ3n) is 3.10. The van der Waals surface area contributed by atoms with E-state index in [-0.39, 0.29) is 5.78 Å². The van der Waals surface area contributed by atoms with E-state index in [1.807, 2.05) is 0 Å². The van der Waals surface area contributed by atoms with Crippen molar-refractivity contribution in [1.29, 1.82) is 0 Å². The quantitative estimate of drug-likeness (QED) is 0.725. The minimum atomic E-state index is 0.149. The van der Waals surface area contributed by atoms with Crippen LogP contribution in [0.2, 0.25) is 0 Å². The van der Waals surface area contributed by atoms with Gasteiger partial charge in [0.05, 0.1) is 12.2 Å². The number of carbonyl (C=O) groups is 1. The molecule has 2 heterocycles. The summed E-state index contributed by atoms with van der Waals surface area (Å²) in [6.07, 6.45) is 4.84. The molecule has 0 atom stereocenters. The Morgan fingerprint density at radius 3 is 2.93 bits per heavy atom. The highest BCUT2D eigenvalue weighted by atomic mass is 16.1. The molecule has 1 aliphatic carbocycles. The Labute approximate surface area is 87.8 Å². The molecule has 2 aliphatic rings. The zero-order valence-electron chi connectivity index (χ0n) is 8.52. The van der Waals surface area contributed by atoms with Gasteiger partial charge in [0.15, 0.2) is 5.78 Å². The summed E-state index contributed by atoms with van der Waals surface area (Å²) < 4.78 is 1.80. The topological polar surface area (TPSA) is 59.8 Å². The Morgan fingerprint density at radius 2 is 2.33 bits per heavy atom. The summed E-state index contributed by atoms with van der Waals surface area (Å²) in [6.45, 7) is 1.86. The van der Waals surface area contributed by atoms with Gasteiger partial charge in [0.25, 0.3) is 0 Å². The van der Waals surface area contributed by atoms with Gasteiger partial charge in [0, 0.05) is 19.5 Å². The van der Waals surface area contributed by atoms with Gasteiger partial charge in [-0.15, -0.1) is 5.10 Å². The monoisotopic (exact) mass is 206 g/mol. The summed E-state index contributed by atoms with van der Waals surface area (Å²) >= 11 is 0. The van der Waals surface area contributed by atoms with Gasteiger partial charge in [-0.25, -0.2) is 4.68 Å². The lowest BCUT2D eigenvalue weighted by Crippen LogP contribution is -2.43. The predicted octanol–water partition coefficient (Wildman–Crippen LogP) is 0.405. The Bertz CT molecular complexity index is 379. The van der Waals surface area contributed by atoms with Gasteiger partial charge in [-0.3, -0.25) is 4.79 Å². The Kier molecular flexibility index (Phi) is 2.05. The third-order valence-corrected chi connectivity index (χ3v) is 3.10. The normalized spacial score (nSPS) is 21.3. The number of nitrogens with one attached hydrogen (secondary N) is 1. The maximum atomic E-state index is 11.7. The fraction of sp³-hybridized carbons (Fsp3) is 0.700. The van der Waals surface area contributed by atoms with E-state index in [4.69, 9.17) is 0 Å². The van der Waals surface area contributed by atoms with Crippen LogP contribution in [0.1, 0.15) is 35.8 Å². The van der Waals surface area contributed by atoms with Crippen LogP contribution < -0.4 is 5.32 Å². The van der Waals surface area contributed by atoms with Crippen molar-refractivity contribution in [3.8, 4) is 0 Å². The van der Waals surface area contributed by atoms with Crippen LogP contribution in [0.15, 0.2) is 6.20 Å². The second kappa shape index (κ2) is 3.41. The summed E-state index contributed by atoms with van der Waals surface area (Å²) in [4.78, 5) is 11.7. The standard InChI is InChI=1S/C10H14N4O/c15-10(3-7-1-2-7)9-6-14(13-12-9)8-4-11-5-8/h6-8,11H,1-5H2. The van der Waals surface area contributed by atoms with Crippen LogP contribution >= 0.6 is 0 Å². The fourth-order valence-electron chi connectivity index (χ4n) is 1.73. The molecule has 1 saturated carbocycles. The zero-order chi connectivity index (χ0) is 10.3. The summed E-state index contributed by atoms with van der Waals surface area (Å²) in [5.74, 6) is 0.768. The first kappa shape index (κ1) is 9.03. The first-order chi connectivity index (χ1) is 7.33. The third kappa shape index (κ3) is 1.79. The second-order valence-corrected chi connectivity index (χ2v) is 4.47. The first-order valence-corrected chi connectivity index (χ1v) is 5.48. The van der Waals surface area contributed by atoms with Crippen molar-refractivity contribution in [3.05, 3.63) is 11.9 Å². The number of hydrogen-bond donors (Lipinski definition) is 1. The molecule has 0 aromatic carbocycles. The van der Waals surface area contributed by atoms with Crippen LogP contribution in [0, 0.1) is 5.92 Å². The lowest BCUT2D eigenvalue weighted by atomic mass is 10.1. The van der Waals surface area contributed by atoms with E-state index in [1.54, 1.807) is 10.9 Å². The van der Waals surface area contributed by atoms with Gasteiger partial charge in [0.1, 0.15) is 5.69 Å². The van der Waals surface area contributed by atoms with Crippen LogP contribution in [0.4, 0.5) is 0 Å². The van der Waals surface area contributed by atoms with E-state index in [0.717, 1.165) is 13.1 Å². The molecule has 0 bridgehead atoms. The van der Waals surface area contributed by atoms with Crippen molar-refractivity contribution in [1.82, 2.24) is 20.3 Å². The molecule has 80 valence electrons. The van der Waals surface area contributed by atoms with Gasteiger partial charge < -0.3 is 5.32 Å². The molecular formula is C10H14N4O. The van der Waals surface area contributed by atoms with Crippen molar-refractivity contribution in [2.24, 2.45) is 5.92 Å². The van der Waals surface area contributed by atoms with Gasteiger partial charge >= 0.3 is 0 Å². The Morgan fingerprint density at radius 1 is 1.53 bits per heavy atom. The second-order valence-electron chi connectivity index (χ2n) is 4.47. The molecule has 0 spiro atoms. The van der Waals surface area contributed by atoms with Crippen LogP contribution in [-0.2, 0) is 0 Å². The molecule has 5 nitrogen and oxygen atoms in total. The van der Waals surface area contributed by atoms with Gasteiger partial charge in [0.2, 0.25) is 0 Å². The lowest BCUT2D eigenvalue weighted by molar-refractivity contribution is 0.0971. The maximum Gasteiger partial charge on any atom is 0.184 e. The molecule has 2 fully saturated rings. The molecule has 1 aliphatic heterocycles. The molecule has 1 N–H and O–H groups in total. The van der Waals surface area contributed by atoms with Crippen LogP contribution in [-0.4, -0.2) is 33.9 Å². The smallest absolute Gasteiger partial charge is 0.184 e. The van der Waals surface area contributed by atoms with E-state index in [2.05, 4.69) is 15.6 Å². The van der Waals surface area contributed by atoms with Crippen LogP contribution in [0.25, 0.3) is 0 Å². The molecule has 3 rings (SSSR count). The molecule has 15 heavy (non-hydrogen) atoms. The van der Waals surface area contributed by atoms with Crippen LogP contribution in [0.5, 0.6) is 0 Å². The zero-order valence-corrected chi connectivity index (χ0v) is 8.52. The number of carbonyl (C=O) groups excluding carboxylic acids is 1. The van der Waals surface area contributed by atoms with E-state index in [9.17, 15) is 4.79 Å². The largest absolute Gasteiger partial charge is 0.312 e. The molecule has 1 aromatic rings. The minimum Gasteiger partial charge on any atom is -0.312 e. The molecule has 0 unspecified atom stereocenters. The number of hydrogen-bond acceptors (Lipinski definition) is 4. The lowest BCUT2D eigenvalue weighted by Gasteiger charge is -2.26. The molecule has 1 saturated heterocycles. The summed E-state index contributed by atoms with van der Waals surface area (Å²) in [5, 5.41) is 11.1. The Hall–Kier alpha value is -1.23. The van der Waals surface area contributed by atoms with Crippen molar-refractivity contribution < 1.29 is 4.79 Å². The van der Waals surface area contributed by atoms with E-state index in [0.29, 0.717) is 24.1 Å². The van der Waals surface area contributed by atoms with Crippen molar-refractivity contribution in [2.45, 2.75) is 25.3 Å². The number of nitrogens with zero attached hydrogens (tertiary/aromatic N) is 3. The number of ketones is 1. The molecule has 1 aromatic heterocycles. The summed E-state index contributed by atoms with van der Waals surface area (Å²) in [6, 6.07) is 0.389.